The van der Waals surface area contributed by atoms with Crippen LogP contribution in [0.1, 0.15) is 46.5 Å². The van der Waals surface area contributed by atoms with Crippen LogP contribution in [0.4, 0.5) is 0 Å². The van der Waals surface area contributed by atoms with Gasteiger partial charge in [0.2, 0.25) is 0 Å². The predicted molar refractivity (Wildman–Crippen MR) is 56.6 cm³/mol. The van der Waals surface area contributed by atoms with Crippen molar-refractivity contribution >= 4 is 7.48 Å². The van der Waals surface area contributed by atoms with E-state index in [1.54, 1.807) is 0 Å². The Hall–Kier alpha value is 0.0249. The van der Waals surface area contributed by atoms with Gasteiger partial charge < -0.3 is 5.02 Å². The van der Waals surface area contributed by atoms with Crippen molar-refractivity contribution in [2.75, 3.05) is 0 Å². The van der Waals surface area contributed by atoms with E-state index in [4.69, 9.17) is 5.02 Å². The van der Waals surface area contributed by atoms with Gasteiger partial charge in [-0.15, -0.1) is 0 Å². The maximum absolute atomic E-state index is 8.90. The van der Waals surface area contributed by atoms with E-state index in [2.05, 4.69) is 20.8 Å². The first-order chi connectivity index (χ1) is 5.79. The number of rotatable bonds is 7. The van der Waals surface area contributed by atoms with E-state index in [9.17, 15) is 0 Å². The Balaban J connectivity index is 3.86. The molecule has 0 spiro atoms. The second kappa shape index (κ2) is 7.66. The number of hydrogen-bond donors (Lipinski definition) is 1. The predicted octanol–water partition coefficient (Wildman–Crippen LogP) is 2.60. The van der Waals surface area contributed by atoms with Crippen LogP contribution >= 0.6 is 0 Å². The van der Waals surface area contributed by atoms with Gasteiger partial charge in [0.1, 0.15) is 0 Å². The monoisotopic (exact) mass is 170 g/mol. The molecule has 0 aliphatic heterocycles. The van der Waals surface area contributed by atoms with Gasteiger partial charge in [-0.25, -0.2) is 0 Å². The molecule has 0 aromatic carbocycles. The zero-order valence-corrected chi connectivity index (χ0v) is 8.84. The molecule has 1 N–H and O–H groups in total. The van der Waals surface area contributed by atoms with E-state index in [-0.39, 0.29) is 0 Å². The molecular weight excluding hydrogens is 147 g/mol. The summed E-state index contributed by atoms with van der Waals surface area (Å²) in [6.07, 6.45) is 6.07. The normalized spacial score (nSPS) is 13.4. The molecule has 1 atom stereocenters. The Morgan fingerprint density at radius 2 is 1.67 bits per heavy atom. The van der Waals surface area contributed by atoms with E-state index < -0.39 is 0 Å². The van der Waals surface area contributed by atoms with Crippen molar-refractivity contribution in [3.8, 4) is 0 Å². The lowest BCUT2D eigenvalue weighted by molar-refractivity contribution is 0.311. The molecular formula is C10H23BO. The van der Waals surface area contributed by atoms with Crippen molar-refractivity contribution in [3.05, 3.63) is 0 Å². The Morgan fingerprint density at radius 3 is 2.00 bits per heavy atom. The molecule has 12 heavy (non-hydrogen) atoms. The van der Waals surface area contributed by atoms with Crippen LogP contribution in [0.2, 0.25) is 6.32 Å². The Morgan fingerprint density at radius 1 is 1.08 bits per heavy atom. The molecule has 0 radical (unpaired) electrons. The molecule has 0 fully saturated rings. The molecule has 72 valence electrons. The van der Waals surface area contributed by atoms with Crippen LogP contribution in [0.3, 0.4) is 0 Å². The fraction of sp³-hybridized carbons (Fsp3) is 1.00. The highest BCUT2D eigenvalue weighted by Crippen LogP contribution is 2.26. The average Bonchev–Trinajstić information content (AvgIpc) is 2.07. The minimum atomic E-state index is 0.362. The Labute approximate surface area is 77.8 Å². The van der Waals surface area contributed by atoms with Crippen molar-refractivity contribution in [2.24, 2.45) is 11.8 Å². The van der Waals surface area contributed by atoms with E-state index in [1.807, 2.05) is 0 Å². The highest BCUT2D eigenvalue weighted by atomic mass is 16.2. The first kappa shape index (κ1) is 12.0. The molecule has 0 saturated heterocycles. The van der Waals surface area contributed by atoms with E-state index >= 15 is 0 Å². The first-order valence-corrected chi connectivity index (χ1v) is 5.40. The van der Waals surface area contributed by atoms with Crippen molar-refractivity contribution in [1.29, 1.82) is 0 Å². The maximum atomic E-state index is 8.90. The lowest BCUT2D eigenvalue weighted by Gasteiger charge is -2.23. The minimum Gasteiger partial charge on any atom is -0.454 e. The second-order valence-corrected chi connectivity index (χ2v) is 3.64. The first-order valence-electron chi connectivity index (χ1n) is 5.40. The van der Waals surface area contributed by atoms with Gasteiger partial charge in [-0.2, -0.15) is 0 Å². The SMILES string of the molecule is CCCC(CBO)C(CC)CC. The highest BCUT2D eigenvalue weighted by molar-refractivity contribution is 6.25. The van der Waals surface area contributed by atoms with Gasteiger partial charge >= 0.3 is 0 Å². The minimum absolute atomic E-state index is 0.362. The van der Waals surface area contributed by atoms with E-state index in [0.717, 1.165) is 18.2 Å². The second-order valence-electron chi connectivity index (χ2n) is 3.64. The van der Waals surface area contributed by atoms with Gasteiger partial charge in [0.25, 0.3) is 7.48 Å². The Kier molecular flexibility index (Phi) is 7.68. The molecule has 0 aliphatic rings. The van der Waals surface area contributed by atoms with Gasteiger partial charge in [0.15, 0.2) is 0 Å². The van der Waals surface area contributed by atoms with Crippen LogP contribution in [0.25, 0.3) is 0 Å². The van der Waals surface area contributed by atoms with Gasteiger partial charge in [0.05, 0.1) is 0 Å². The zero-order chi connectivity index (χ0) is 9.40. The summed E-state index contributed by atoms with van der Waals surface area (Å²) in [7, 11) is 0.362. The molecule has 0 aromatic heterocycles. The average molecular weight is 170 g/mol. The van der Waals surface area contributed by atoms with Crippen molar-refractivity contribution in [1.82, 2.24) is 0 Å². The summed E-state index contributed by atoms with van der Waals surface area (Å²) in [5, 5.41) is 8.90. The van der Waals surface area contributed by atoms with E-state index in [0.29, 0.717) is 7.48 Å². The van der Waals surface area contributed by atoms with Gasteiger partial charge in [0, 0.05) is 0 Å². The standard InChI is InChI=1S/C10H23BO/c1-4-7-10(8-11-12)9(5-2)6-3/h9-12H,4-8H2,1-3H3. The third-order valence-electron chi connectivity index (χ3n) is 2.87. The fourth-order valence-electron chi connectivity index (χ4n) is 2.11. The maximum Gasteiger partial charge on any atom is 0.271 e. The van der Waals surface area contributed by atoms with Crippen LogP contribution in [-0.4, -0.2) is 12.5 Å². The van der Waals surface area contributed by atoms with Crippen molar-refractivity contribution in [3.63, 3.8) is 0 Å². The van der Waals surface area contributed by atoms with E-state index in [1.165, 1.54) is 25.7 Å². The molecule has 0 aromatic rings. The van der Waals surface area contributed by atoms with Crippen LogP contribution in [-0.2, 0) is 0 Å². The summed E-state index contributed by atoms with van der Waals surface area (Å²) >= 11 is 0. The third-order valence-corrected chi connectivity index (χ3v) is 2.87. The topological polar surface area (TPSA) is 20.2 Å². The lowest BCUT2D eigenvalue weighted by atomic mass is 9.74. The van der Waals surface area contributed by atoms with Crippen molar-refractivity contribution < 1.29 is 5.02 Å². The van der Waals surface area contributed by atoms with Crippen LogP contribution in [0.5, 0.6) is 0 Å². The largest absolute Gasteiger partial charge is 0.454 e. The third kappa shape index (κ3) is 4.15. The van der Waals surface area contributed by atoms with Crippen LogP contribution < -0.4 is 0 Å². The molecule has 0 saturated carbocycles. The molecule has 1 nitrogen and oxygen atoms in total. The summed E-state index contributed by atoms with van der Waals surface area (Å²) in [5.74, 6) is 1.59. The fourth-order valence-corrected chi connectivity index (χ4v) is 2.11. The van der Waals surface area contributed by atoms with Crippen molar-refractivity contribution in [2.45, 2.75) is 52.8 Å². The molecule has 2 heteroatoms. The summed E-state index contributed by atoms with van der Waals surface area (Å²) in [6.45, 7) is 6.75. The summed E-state index contributed by atoms with van der Waals surface area (Å²) in [6, 6.07) is 0. The Bertz CT molecular complexity index is 85.8. The summed E-state index contributed by atoms with van der Waals surface area (Å²) in [4.78, 5) is 0. The van der Waals surface area contributed by atoms with Crippen LogP contribution in [0, 0.1) is 11.8 Å². The number of hydrogen-bond acceptors (Lipinski definition) is 1. The molecule has 0 heterocycles. The summed E-state index contributed by atoms with van der Waals surface area (Å²) < 4.78 is 0. The quantitative estimate of drug-likeness (QED) is 0.582. The molecule has 1 unspecified atom stereocenters. The van der Waals surface area contributed by atoms with Crippen LogP contribution in [0.15, 0.2) is 0 Å². The lowest BCUT2D eigenvalue weighted by Crippen LogP contribution is -2.15. The molecule has 0 bridgehead atoms. The van der Waals surface area contributed by atoms with Gasteiger partial charge in [-0.1, -0.05) is 46.5 Å². The van der Waals surface area contributed by atoms with Gasteiger partial charge in [-0.3, -0.25) is 0 Å². The molecule has 0 rings (SSSR count). The summed E-state index contributed by atoms with van der Waals surface area (Å²) in [5.41, 5.74) is 0. The molecule has 0 aliphatic carbocycles. The van der Waals surface area contributed by atoms with Gasteiger partial charge in [-0.05, 0) is 18.2 Å². The zero-order valence-electron chi connectivity index (χ0n) is 8.84. The smallest absolute Gasteiger partial charge is 0.271 e. The molecule has 0 amide bonds. The highest BCUT2D eigenvalue weighted by Gasteiger charge is 2.16.